The number of nitrogens with zero attached hydrogens (tertiary/aromatic N) is 2. The zero-order valence-electron chi connectivity index (χ0n) is 19.6. The van der Waals surface area contributed by atoms with E-state index in [1.165, 1.54) is 39.0 Å². The maximum Gasteiger partial charge on any atom is 0.0697 e. The summed E-state index contributed by atoms with van der Waals surface area (Å²) in [6.07, 6.45) is 4.74. The van der Waals surface area contributed by atoms with Gasteiger partial charge in [0.15, 0.2) is 0 Å². The fraction of sp³-hybridized carbons (Fsp3) is 0.161. The molecular weight excluding hydrogens is 400 g/mol. The third kappa shape index (κ3) is 4.85. The van der Waals surface area contributed by atoms with Crippen molar-refractivity contribution in [3.63, 3.8) is 0 Å². The second-order valence-electron chi connectivity index (χ2n) is 8.39. The Hall–Kier alpha value is -3.78. The highest BCUT2D eigenvalue weighted by Gasteiger charge is 2.20. The monoisotopic (exact) mass is 430 g/mol. The first-order valence-corrected chi connectivity index (χ1v) is 11.4. The van der Waals surface area contributed by atoms with Gasteiger partial charge in [-0.1, -0.05) is 79.2 Å². The van der Waals surface area contributed by atoms with Gasteiger partial charge >= 0.3 is 0 Å². The van der Waals surface area contributed by atoms with Crippen LogP contribution in [0.3, 0.4) is 0 Å². The molecule has 0 N–H and O–H groups in total. The van der Waals surface area contributed by atoms with Crippen LogP contribution in [0.1, 0.15) is 59.6 Å². The van der Waals surface area contributed by atoms with Gasteiger partial charge in [-0.05, 0) is 78.6 Å². The van der Waals surface area contributed by atoms with Crippen LogP contribution in [0, 0.1) is 6.92 Å². The van der Waals surface area contributed by atoms with Crippen molar-refractivity contribution in [1.82, 2.24) is 4.98 Å². The summed E-state index contributed by atoms with van der Waals surface area (Å²) in [6.45, 7) is 10.4. The minimum absolute atomic E-state index is 0.0887. The summed E-state index contributed by atoms with van der Waals surface area (Å²) in [7, 11) is 0. The van der Waals surface area contributed by atoms with E-state index in [1.54, 1.807) is 0 Å². The second-order valence-corrected chi connectivity index (χ2v) is 8.39. The molecule has 0 radical (unpaired) electrons. The fourth-order valence-corrected chi connectivity index (χ4v) is 4.63. The first-order chi connectivity index (χ1) is 16.1. The Morgan fingerprint density at radius 1 is 0.879 bits per heavy atom. The third-order valence-corrected chi connectivity index (χ3v) is 6.25. The van der Waals surface area contributed by atoms with Gasteiger partial charge in [-0.25, -0.2) is 0 Å². The van der Waals surface area contributed by atoms with Crippen LogP contribution in [0.4, 0.5) is 5.69 Å². The number of pyridine rings is 1. The summed E-state index contributed by atoms with van der Waals surface area (Å²) < 4.78 is 0. The Kier molecular flexibility index (Phi) is 6.95. The van der Waals surface area contributed by atoms with Gasteiger partial charge < -0.3 is 0 Å². The topological polar surface area (TPSA) is 25.2 Å². The molecule has 0 bridgehead atoms. The van der Waals surface area contributed by atoms with Crippen molar-refractivity contribution in [3.05, 3.63) is 131 Å². The van der Waals surface area contributed by atoms with Crippen LogP contribution in [0.5, 0.6) is 0 Å². The normalized spacial score (nSPS) is 12.7. The van der Waals surface area contributed by atoms with Crippen molar-refractivity contribution in [2.24, 2.45) is 4.99 Å². The molecule has 0 spiro atoms. The van der Waals surface area contributed by atoms with Gasteiger partial charge in [0.2, 0.25) is 0 Å². The van der Waals surface area contributed by atoms with Crippen molar-refractivity contribution in [2.75, 3.05) is 0 Å². The number of benzene rings is 3. The second kappa shape index (κ2) is 10.2. The molecule has 0 aliphatic rings. The fourth-order valence-electron chi connectivity index (χ4n) is 4.63. The lowest BCUT2D eigenvalue weighted by Crippen LogP contribution is -2.05. The number of allylic oxidation sites excluding steroid dienone is 2. The largest absolute Gasteiger partial charge is 0.264 e. The molecule has 2 nitrogen and oxygen atoms in total. The molecule has 0 saturated heterocycles. The average Bonchev–Trinajstić information content (AvgIpc) is 2.86. The van der Waals surface area contributed by atoms with Crippen molar-refractivity contribution in [1.29, 1.82) is 0 Å². The molecule has 1 aromatic heterocycles. The first kappa shape index (κ1) is 22.4. The van der Waals surface area contributed by atoms with Crippen LogP contribution < -0.4 is 0 Å². The lowest BCUT2D eigenvalue weighted by Gasteiger charge is -2.21. The van der Waals surface area contributed by atoms with E-state index in [2.05, 4.69) is 116 Å². The molecular formula is C31H30N2. The lowest BCUT2D eigenvalue weighted by atomic mass is 9.83. The summed E-state index contributed by atoms with van der Waals surface area (Å²) in [5, 5.41) is 0. The summed E-state index contributed by atoms with van der Waals surface area (Å²) in [5.74, 6) is 0.0887. The maximum absolute atomic E-state index is 4.41. The highest BCUT2D eigenvalue weighted by molar-refractivity contribution is 5.93. The van der Waals surface area contributed by atoms with Crippen LogP contribution in [-0.2, 0) is 0 Å². The summed E-state index contributed by atoms with van der Waals surface area (Å²) in [5.41, 5.74) is 10.8. The molecule has 3 aromatic carbocycles. The third-order valence-electron chi connectivity index (χ3n) is 6.25. The van der Waals surface area contributed by atoms with Crippen LogP contribution in [0.15, 0.2) is 102 Å². The van der Waals surface area contributed by atoms with E-state index in [-0.39, 0.29) is 5.92 Å². The Morgan fingerprint density at radius 2 is 1.64 bits per heavy atom. The number of hydrogen-bond donors (Lipinski definition) is 0. The molecule has 2 heteroatoms. The molecule has 0 amide bonds. The van der Waals surface area contributed by atoms with Crippen LogP contribution >= 0.6 is 0 Å². The Bertz CT molecular complexity index is 1270. The highest BCUT2D eigenvalue weighted by atomic mass is 14.7. The lowest BCUT2D eigenvalue weighted by molar-refractivity contribution is 0.959. The van der Waals surface area contributed by atoms with Crippen LogP contribution in [0.25, 0.3) is 11.1 Å². The number of aliphatic imine (C=N–C) groups is 1. The van der Waals surface area contributed by atoms with Gasteiger partial charge in [0.1, 0.15) is 0 Å². The van der Waals surface area contributed by atoms with Crippen LogP contribution in [0.2, 0.25) is 0 Å². The van der Waals surface area contributed by atoms with Gasteiger partial charge in [-0.15, -0.1) is 0 Å². The van der Waals surface area contributed by atoms with Gasteiger partial charge in [-0.3, -0.25) is 9.98 Å². The molecule has 0 aliphatic heterocycles. The van der Waals surface area contributed by atoms with Crippen molar-refractivity contribution < 1.29 is 0 Å². The average molecular weight is 431 g/mol. The molecule has 0 fully saturated rings. The number of rotatable bonds is 7. The van der Waals surface area contributed by atoms with Gasteiger partial charge in [0, 0.05) is 23.9 Å². The highest BCUT2D eigenvalue weighted by Crippen LogP contribution is 2.38. The zero-order valence-corrected chi connectivity index (χ0v) is 19.6. The molecule has 33 heavy (non-hydrogen) atoms. The summed E-state index contributed by atoms with van der Waals surface area (Å²) in [6, 6.07) is 30.1. The van der Waals surface area contributed by atoms with Crippen molar-refractivity contribution in [3.8, 4) is 0 Å². The van der Waals surface area contributed by atoms with Crippen LogP contribution in [-0.4, -0.2) is 11.7 Å². The zero-order chi connectivity index (χ0) is 23.2. The molecule has 4 rings (SSSR count). The smallest absolute Gasteiger partial charge is 0.0697 e. The summed E-state index contributed by atoms with van der Waals surface area (Å²) >= 11 is 0. The standard InChI is InChI=1S/C31H30N2/c1-5-28(24-12-7-6-8-13-24)23(3)29-20-26(16-17-30(29)32-4)31(27-15-10-18-33-21-27)25-14-9-11-22(2)19-25/h6-21,31H,4-5H2,1-3H3/b28-23+. The minimum Gasteiger partial charge on any atom is -0.264 e. The molecule has 1 atom stereocenters. The molecule has 164 valence electrons. The molecule has 1 heterocycles. The first-order valence-electron chi connectivity index (χ1n) is 11.4. The Balaban J connectivity index is 1.92. The van der Waals surface area contributed by atoms with Crippen molar-refractivity contribution in [2.45, 2.75) is 33.1 Å². The molecule has 1 unspecified atom stereocenters. The maximum atomic E-state index is 4.41. The van der Waals surface area contributed by atoms with E-state index in [9.17, 15) is 0 Å². The number of hydrogen-bond acceptors (Lipinski definition) is 2. The quantitative estimate of drug-likeness (QED) is 0.214. The molecule has 4 aromatic rings. The number of aryl methyl sites for hydroxylation is 1. The predicted octanol–water partition coefficient (Wildman–Crippen LogP) is 8.24. The molecule has 0 saturated carbocycles. The van der Waals surface area contributed by atoms with E-state index in [0.29, 0.717) is 0 Å². The van der Waals surface area contributed by atoms with E-state index in [0.717, 1.165) is 17.7 Å². The van der Waals surface area contributed by atoms with Gasteiger partial charge in [-0.2, -0.15) is 0 Å². The van der Waals surface area contributed by atoms with Gasteiger partial charge in [0.05, 0.1) is 5.69 Å². The predicted molar refractivity (Wildman–Crippen MR) is 141 cm³/mol. The van der Waals surface area contributed by atoms with Gasteiger partial charge in [0.25, 0.3) is 0 Å². The Morgan fingerprint density at radius 3 is 2.30 bits per heavy atom. The Labute approximate surface area is 197 Å². The number of aromatic nitrogens is 1. The van der Waals surface area contributed by atoms with E-state index >= 15 is 0 Å². The summed E-state index contributed by atoms with van der Waals surface area (Å²) in [4.78, 5) is 8.78. The van der Waals surface area contributed by atoms with E-state index < -0.39 is 0 Å². The van der Waals surface area contributed by atoms with E-state index in [1.807, 2.05) is 18.5 Å². The van der Waals surface area contributed by atoms with E-state index in [4.69, 9.17) is 0 Å². The minimum atomic E-state index is 0.0887. The van der Waals surface area contributed by atoms with Crippen molar-refractivity contribution >= 4 is 23.6 Å². The SMILES string of the molecule is C=Nc1ccc(C(c2cccnc2)c2cccc(C)c2)cc1/C(C)=C(\CC)c1ccccc1. The molecule has 0 aliphatic carbocycles.